The summed E-state index contributed by atoms with van der Waals surface area (Å²) in [5, 5.41) is 3.29. The van der Waals surface area contributed by atoms with Gasteiger partial charge < -0.3 is 10.2 Å². The normalized spacial score (nSPS) is 27.8. The Kier molecular flexibility index (Phi) is 5.22. The van der Waals surface area contributed by atoms with Crippen LogP contribution in [0.2, 0.25) is 0 Å². The smallest absolute Gasteiger partial charge is 0.214 e. The minimum absolute atomic E-state index is 0.297. The monoisotopic (exact) mass is 289 g/mol. The van der Waals surface area contributed by atoms with Crippen molar-refractivity contribution in [1.82, 2.24) is 14.5 Å². The zero-order valence-corrected chi connectivity index (χ0v) is 13.0. The van der Waals surface area contributed by atoms with Crippen molar-refractivity contribution >= 4 is 10.0 Å². The fraction of sp³-hybridized carbons (Fsp3) is 1.00. The molecule has 0 aromatic rings. The van der Waals surface area contributed by atoms with E-state index in [-0.39, 0.29) is 0 Å². The van der Waals surface area contributed by atoms with Gasteiger partial charge in [-0.15, -0.1) is 0 Å². The van der Waals surface area contributed by atoms with Gasteiger partial charge in [-0.05, 0) is 58.8 Å². The Bertz CT molecular complexity index is 369. The van der Waals surface area contributed by atoms with Crippen molar-refractivity contribution in [3.05, 3.63) is 0 Å². The quantitative estimate of drug-likeness (QED) is 0.811. The molecule has 0 radical (unpaired) electrons. The van der Waals surface area contributed by atoms with Crippen LogP contribution in [0.5, 0.6) is 0 Å². The van der Waals surface area contributed by atoms with E-state index in [1.807, 2.05) is 0 Å². The molecule has 2 rings (SSSR count). The number of nitrogens with zero attached hydrogens (tertiary/aromatic N) is 2. The Morgan fingerprint density at radius 1 is 1.21 bits per heavy atom. The SMILES string of the molecule is CN(C)C1CCN(S(=O)(=O)CC2CCCNC2)CC1. The summed E-state index contributed by atoms with van der Waals surface area (Å²) in [5.41, 5.74) is 0. The van der Waals surface area contributed by atoms with E-state index >= 15 is 0 Å². The molecule has 5 nitrogen and oxygen atoms in total. The molecular formula is C13H27N3O2S. The average Bonchev–Trinajstić information content (AvgIpc) is 2.39. The fourth-order valence-electron chi connectivity index (χ4n) is 3.11. The van der Waals surface area contributed by atoms with E-state index in [9.17, 15) is 8.42 Å². The van der Waals surface area contributed by atoms with Crippen LogP contribution in [0.3, 0.4) is 0 Å². The molecule has 2 aliphatic heterocycles. The van der Waals surface area contributed by atoms with E-state index in [4.69, 9.17) is 0 Å². The zero-order valence-electron chi connectivity index (χ0n) is 12.1. The first-order valence-electron chi connectivity index (χ1n) is 7.34. The molecule has 112 valence electrons. The van der Waals surface area contributed by atoms with E-state index in [2.05, 4.69) is 24.3 Å². The number of rotatable bonds is 4. The summed E-state index contributed by atoms with van der Waals surface area (Å²) in [6.07, 6.45) is 4.05. The first-order chi connectivity index (χ1) is 8.99. The van der Waals surface area contributed by atoms with E-state index < -0.39 is 10.0 Å². The van der Waals surface area contributed by atoms with Gasteiger partial charge in [0, 0.05) is 19.1 Å². The Labute approximate surface area is 117 Å². The fourth-order valence-corrected chi connectivity index (χ4v) is 4.96. The van der Waals surface area contributed by atoms with Crippen LogP contribution in [0.25, 0.3) is 0 Å². The number of piperidine rings is 2. The van der Waals surface area contributed by atoms with E-state index in [1.165, 1.54) is 0 Å². The van der Waals surface area contributed by atoms with E-state index in [1.54, 1.807) is 4.31 Å². The summed E-state index contributed by atoms with van der Waals surface area (Å²) in [5.74, 6) is 0.623. The molecule has 0 amide bonds. The summed E-state index contributed by atoms with van der Waals surface area (Å²) in [7, 11) is 1.09. The third-order valence-corrected chi connectivity index (χ3v) is 6.44. The lowest BCUT2D eigenvalue weighted by molar-refractivity contribution is 0.196. The second-order valence-electron chi connectivity index (χ2n) is 6.08. The highest BCUT2D eigenvalue weighted by Gasteiger charge is 2.31. The molecule has 2 aliphatic rings. The summed E-state index contributed by atoms with van der Waals surface area (Å²) < 4.78 is 26.5. The van der Waals surface area contributed by atoms with Gasteiger partial charge in [0.25, 0.3) is 0 Å². The molecular weight excluding hydrogens is 262 g/mol. The number of hydrogen-bond acceptors (Lipinski definition) is 4. The maximum atomic E-state index is 12.4. The molecule has 0 saturated carbocycles. The van der Waals surface area contributed by atoms with Crippen molar-refractivity contribution in [2.45, 2.75) is 31.7 Å². The lowest BCUT2D eigenvalue weighted by atomic mass is 10.0. The van der Waals surface area contributed by atoms with Crippen LogP contribution in [-0.4, -0.2) is 69.7 Å². The minimum Gasteiger partial charge on any atom is -0.316 e. The van der Waals surface area contributed by atoms with Crippen molar-refractivity contribution in [1.29, 1.82) is 0 Å². The summed E-state index contributed by atoms with van der Waals surface area (Å²) in [6, 6.07) is 0.530. The molecule has 0 aromatic heterocycles. The molecule has 0 aromatic carbocycles. The van der Waals surface area contributed by atoms with E-state index in [0.29, 0.717) is 30.8 Å². The summed E-state index contributed by atoms with van der Waals surface area (Å²) in [6.45, 7) is 3.26. The van der Waals surface area contributed by atoms with Crippen LogP contribution in [0.1, 0.15) is 25.7 Å². The van der Waals surface area contributed by atoms with Gasteiger partial charge in [-0.2, -0.15) is 0 Å². The molecule has 2 fully saturated rings. The highest BCUT2D eigenvalue weighted by Crippen LogP contribution is 2.20. The predicted molar refractivity (Wildman–Crippen MR) is 77.7 cm³/mol. The lowest BCUT2D eigenvalue weighted by Gasteiger charge is -2.35. The van der Waals surface area contributed by atoms with Gasteiger partial charge in [-0.25, -0.2) is 12.7 Å². The highest BCUT2D eigenvalue weighted by atomic mass is 32.2. The Hall–Kier alpha value is -0.170. The molecule has 0 bridgehead atoms. The van der Waals surface area contributed by atoms with Gasteiger partial charge >= 0.3 is 0 Å². The van der Waals surface area contributed by atoms with Crippen molar-refractivity contribution in [3.8, 4) is 0 Å². The largest absolute Gasteiger partial charge is 0.316 e. The van der Waals surface area contributed by atoms with Crippen LogP contribution >= 0.6 is 0 Å². The summed E-state index contributed by atoms with van der Waals surface area (Å²) in [4.78, 5) is 2.20. The van der Waals surface area contributed by atoms with Gasteiger partial charge in [0.05, 0.1) is 5.75 Å². The average molecular weight is 289 g/mol. The zero-order chi connectivity index (χ0) is 13.9. The molecule has 0 aliphatic carbocycles. The standard InChI is InChI=1S/C13H27N3O2S/c1-15(2)13-5-8-16(9-6-13)19(17,18)11-12-4-3-7-14-10-12/h12-14H,3-11H2,1-2H3. The first-order valence-corrected chi connectivity index (χ1v) is 8.95. The van der Waals surface area contributed by atoms with Crippen molar-refractivity contribution in [2.75, 3.05) is 46.0 Å². The summed E-state index contributed by atoms with van der Waals surface area (Å²) >= 11 is 0. The Morgan fingerprint density at radius 3 is 2.42 bits per heavy atom. The maximum Gasteiger partial charge on any atom is 0.214 e. The molecule has 19 heavy (non-hydrogen) atoms. The van der Waals surface area contributed by atoms with Gasteiger partial charge in [0.2, 0.25) is 10.0 Å². The van der Waals surface area contributed by atoms with Crippen LogP contribution < -0.4 is 5.32 Å². The first kappa shape index (κ1) is 15.2. The third kappa shape index (κ3) is 4.15. The maximum absolute atomic E-state index is 12.4. The lowest BCUT2D eigenvalue weighted by Crippen LogP contribution is -2.46. The number of nitrogens with one attached hydrogen (secondary N) is 1. The van der Waals surface area contributed by atoms with Crippen LogP contribution in [0, 0.1) is 5.92 Å². The second-order valence-corrected chi connectivity index (χ2v) is 8.10. The molecule has 1 N–H and O–H groups in total. The molecule has 0 spiro atoms. The topological polar surface area (TPSA) is 52.7 Å². The predicted octanol–water partition coefficient (Wildman–Crippen LogP) is 0.342. The number of sulfonamides is 1. The van der Waals surface area contributed by atoms with Crippen LogP contribution in [0.4, 0.5) is 0 Å². The molecule has 1 unspecified atom stereocenters. The Morgan fingerprint density at radius 2 is 1.89 bits per heavy atom. The minimum atomic E-state index is -3.06. The van der Waals surface area contributed by atoms with Crippen LogP contribution in [0.15, 0.2) is 0 Å². The molecule has 6 heteroatoms. The highest BCUT2D eigenvalue weighted by molar-refractivity contribution is 7.89. The number of hydrogen-bond donors (Lipinski definition) is 1. The van der Waals surface area contributed by atoms with Gasteiger partial charge in [-0.1, -0.05) is 0 Å². The van der Waals surface area contributed by atoms with Gasteiger partial charge in [-0.3, -0.25) is 0 Å². The third-order valence-electron chi connectivity index (χ3n) is 4.39. The van der Waals surface area contributed by atoms with Crippen molar-refractivity contribution in [3.63, 3.8) is 0 Å². The van der Waals surface area contributed by atoms with Crippen LogP contribution in [-0.2, 0) is 10.0 Å². The second kappa shape index (κ2) is 6.52. The molecule has 2 heterocycles. The molecule has 2 saturated heterocycles. The van der Waals surface area contributed by atoms with Gasteiger partial charge in [0.1, 0.15) is 0 Å². The van der Waals surface area contributed by atoms with Crippen molar-refractivity contribution in [2.24, 2.45) is 5.92 Å². The molecule has 1 atom stereocenters. The van der Waals surface area contributed by atoms with Gasteiger partial charge in [0.15, 0.2) is 0 Å². The van der Waals surface area contributed by atoms with E-state index in [0.717, 1.165) is 38.8 Å². The van der Waals surface area contributed by atoms with Crippen molar-refractivity contribution < 1.29 is 8.42 Å². The Balaban J connectivity index is 1.86.